The summed E-state index contributed by atoms with van der Waals surface area (Å²) in [5, 5.41) is 11.1. The van der Waals surface area contributed by atoms with Crippen LogP contribution in [0.25, 0.3) is 0 Å². The lowest BCUT2D eigenvalue weighted by Gasteiger charge is -2.37. The zero-order chi connectivity index (χ0) is 14.9. The summed E-state index contributed by atoms with van der Waals surface area (Å²) in [6, 6.07) is 0.711. The molecule has 6 nitrogen and oxygen atoms in total. The number of rotatable bonds is 6. The minimum absolute atomic E-state index is 0.0551. The Hall–Kier alpha value is -0.660. The fourth-order valence-electron chi connectivity index (χ4n) is 3.33. The van der Waals surface area contributed by atoms with Crippen molar-refractivity contribution in [2.75, 3.05) is 6.54 Å². The normalized spacial score (nSPS) is 31.4. The van der Waals surface area contributed by atoms with E-state index in [9.17, 15) is 13.2 Å². The number of nitrogens with zero attached hydrogens (tertiary/aromatic N) is 1. The Labute approximate surface area is 120 Å². The SMILES string of the molecule is CCCN(C1CC2CCC(C1)N2)S(=O)(=O)C(C)C(=O)O. The van der Waals surface area contributed by atoms with Crippen molar-refractivity contribution in [1.29, 1.82) is 0 Å². The number of carboxylic acids is 1. The molecule has 3 unspecified atom stereocenters. The molecule has 0 aromatic rings. The second-order valence-corrected chi connectivity index (χ2v) is 8.11. The van der Waals surface area contributed by atoms with Gasteiger partial charge in [0.2, 0.25) is 10.0 Å². The number of hydrogen-bond donors (Lipinski definition) is 2. The second-order valence-electron chi connectivity index (χ2n) is 5.90. The molecule has 0 saturated carbocycles. The maximum Gasteiger partial charge on any atom is 0.323 e. The van der Waals surface area contributed by atoms with Crippen LogP contribution in [-0.4, -0.2) is 53.7 Å². The van der Waals surface area contributed by atoms with Crippen LogP contribution in [0, 0.1) is 0 Å². The monoisotopic (exact) mass is 304 g/mol. The van der Waals surface area contributed by atoms with E-state index in [1.54, 1.807) is 0 Å². The largest absolute Gasteiger partial charge is 0.480 e. The van der Waals surface area contributed by atoms with Crippen LogP contribution in [0.15, 0.2) is 0 Å². The Morgan fingerprint density at radius 3 is 2.35 bits per heavy atom. The standard InChI is InChI=1S/C13H24N2O4S/c1-3-6-15(20(18,19)9(2)13(16)17)12-7-10-4-5-11(8-12)14-10/h9-12,14H,3-8H2,1-2H3,(H,16,17). The molecule has 0 radical (unpaired) electrons. The lowest BCUT2D eigenvalue weighted by atomic mass is 10.00. The first-order chi connectivity index (χ1) is 9.36. The van der Waals surface area contributed by atoms with Crippen LogP contribution in [-0.2, 0) is 14.8 Å². The number of fused-ring (bicyclic) bond motifs is 2. The average Bonchev–Trinajstić information content (AvgIpc) is 2.73. The zero-order valence-electron chi connectivity index (χ0n) is 12.1. The summed E-state index contributed by atoms with van der Waals surface area (Å²) in [7, 11) is -3.78. The lowest BCUT2D eigenvalue weighted by Crippen LogP contribution is -2.53. The van der Waals surface area contributed by atoms with Gasteiger partial charge in [0.1, 0.15) is 0 Å². The van der Waals surface area contributed by atoms with E-state index in [1.165, 1.54) is 11.2 Å². The Morgan fingerprint density at radius 1 is 1.35 bits per heavy atom. The molecule has 3 atom stereocenters. The van der Waals surface area contributed by atoms with Gasteiger partial charge in [0.25, 0.3) is 0 Å². The maximum atomic E-state index is 12.5. The van der Waals surface area contributed by atoms with Gasteiger partial charge in [0.05, 0.1) is 0 Å². The highest BCUT2D eigenvalue weighted by atomic mass is 32.2. The molecule has 20 heavy (non-hydrogen) atoms. The Bertz CT molecular complexity index is 453. The van der Waals surface area contributed by atoms with Crippen molar-refractivity contribution in [3.05, 3.63) is 0 Å². The summed E-state index contributed by atoms with van der Waals surface area (Å²) in [4.78, 5) is 11.1. The first kappa shape index (κ1) is 15.7. The molecule has 0 amide bonds. The van der Waals surface area contributed by atoms with Crippen LogP contribution in [0.1, 0.15) is 46.0 Å². The third-order valence-electron chi connectivity index (χ3n) is 4.42. The third-order valence-corrected chi connectivity index (χ3v) is 6.65. The molecule has 2 heterocycles. The summed E-state index contributed by atoms with van der Waals surface area (Å²) in [6.45, 7) is 3.59. The van der Waals surface area contributed by atoms with Crippen molar-refractivity contribution in [2.45, 2.75) is 69.3 Å². The van der Waals surface area contributed by atoms with Gasteiger partial charge in [-0.25, -0.2) is 8.42 Å². The molecule has 2 N–H and O–H groups in total. The van der Waals surface area contributed by atoms with Crippen LogP contribution in [0.2, 0.25) is 0 Å². The molecule has 0 aliphatic carbocycles. The van der Waals surface area contributed by atoms with E-state index in [0.29, 0.717) is 25.0 Å². The zero-order valence-corrected chi connectivity index (χ0v) is 12.9. The molecule has 2 saturated heterocycles. The van der Waals surface area contributed by atoms with Gasteiger partial charge in [-0.1, -0.05) is 6.92 Å². The van der Waals surface area contributed by atoms with E-state index < -0.39 is 21.2 Å². The summed E-state index contributed by atoms with van der Waals surface area (Å²) in [5.74, 6) is -1.27. The number of aliphatic carboxylic acids is 1. The summed E-state index contributed by atoms with van der Waals surface area (Å²) in [6.07, 6.45) is 4.47. The van der Waals surface area contributed by atoms with E-state index in [2.05, 4.69) is 5.32 Å². The molecule has 2 rings (SSSR count). The van der Waals surface area contributed by atoms with Gasteiger partial charge in [-0.05, 0) is 39.0 Å². The highest BCUT2D eigenvalue weighted by Gasteiger charge is 2.42. The van der Waals surface area contributed by atoms with Crippen molar-refractivity contribution in [3.8, 4) is 0 Å². The van der Waals surface area contributed by atoms with Gasteiger partial charge in [-0.3, -0.25) is 4.79 Å². The van der Waals surface area contributed by atoms with Crippen molar-refractivity contribution >= 4 is 16.0 Å². The number of piperidine rings is 1. The molecule has 2 aliphatic rings. The van der Waals surface area contributed by atoms with Gasteiger partial charge in [-0.15, -0.1) is 0 Å². The van der Waals surface area contributed by atoms with E-state index in [0.717, 1.165) is 25.7 Å². The molecular weight excluding hydrogens is 280 g/mol. The van der Waals surface area contributed by atoms with Crippen LogP contribution in [0.3, 0.4) is 0 Å². The second kappa shape index (κ2) is 5.99. The molecular formula is C13H24N2O4S. The Kier molecular flexibility index (Phi) is 4.71. The molecule has 2 fully saturated rings. The first-order valence-corrected chi connectivity index (χ1v) is 8.86. The van der Waals surface area contributed by atoms with Gasteiger partial charge >= 0.3 is 5.97 Å². The molecule has 2 aliphatic heterocycles. The molecule has 116 valence electrons. The average molecular weight is 304 g/mol. The van der Waals surface area contributed by atoms with Gasteiger partial charge < -0.3 is 10.4 Å². The highest BCUT2D eigenvalue weighted by Crippen LogP contribution is 2.31. The van der Waals surface area contributed by atoms with Crippen molar-refractivity contribution < 1.29 is 18.3 Å². The lowest BCUT2D eigenvalue weighted by molar-refractivity contribution is -0.136. The van der Waals surface area contributed by atoms with E-state index in [4.69, 9.17) is 5.11 Å². The van der Waals surface area contributed by atoms with Crippen LogP contribution >= 0.6 is 0 Å². The van der Waals surface area contributed by atoms with Crippen LogP contribution < -0.4 is 5.32 Å². The first-order valence-electron chi connectivity index (χ1n) is 7.35. The summed E-state index contributed by atoms with van der Waals surface area (Å²) in [5.41, 5.74) is 0. The summed E-state index contributed by atoms with van der Waals surface area (Å²) >= 11 is 0. The van der Waals surface area contributed by atoms with Crippen LogP contribution in [0.5, 0.6) is 0 Å². The molecule has 7 heteroatoms. The van der Waals surface area contributed by atoms with Crippen molar-refractivity contribution in [1.82, 2.24) is 9.62 Å². The number of sulfonamides is 1. The number of nitrogens with one attached hydrogen (secondary N) is 1. The maximum absolute atomic E-state index is 12.5. The Balaban J connectivity index is 2.20. The molecule has 2 bridgehead atoms. The van der Waals surface area contributed by atoms with Gasteiger partial charge in [-0.2, -0.15) is 4.31 Å². The predicted molar refractivity (Wildman–Crippen MR) is 76.0 cm³/mol. The number of carbonyl (C=O) groups is 1. The fraction of sp³-hybridized carbons (Fsp3) is 0.923. The highest BCUT2D eigenvalue weighted by molar-refractivity contribution is 7.90. The fourth-order valence-corrected chi connectivity index (χ4v) is 5.02. The Morgan fingerprint density at radius 2 is 1.90 bits per heavy atom. The van der Waals surface area contributed by atoms with Crippen molar-refractivity contribution in [2.24, 2.45) is 0 Å². The van der Waals surface area contributed by atoms with Crippen LogP contribution in [0.4, 0.5) is 0 Å². The van der Waals surface area contributed by atoms with E-state index in [-0.39, 0.29) is 6.04 Å². The molecule has 0 aromatic carbocycles. The van der Waals surface area contributed by atoms with Gasteiger partial charge in [0, 0.05) is 24.7 Å². The smallest absolute Gasteiger partial charge is 0.323 e. The minimum Gasteiger partial charge on any atom is -0.480 e. The number of hydrogen-bond acceptors (Lipinski definition) is 4. The van der Waals surface area contributed by atoms with E-state index >= 15 is 0 Å². The minimum atomic E-state index is -3.78. The third kappa shape index (κ3) is 2.99. The quantitative estimate of drug-likeness (QED) is 0.757. The predicted octanol–water partition coefficient (Wildman–Crippen LogP) is 0.784. The number of carboxylic acid groups (broad SMARTS) is 1. The molecule has 0 spiro atoms. The topological polar surface area (TPSA) is 86.7 Å². The summed E-state index contributed by atoms with van der Waals surface area (Å²) < 4.78 is 26.5. The van der Waals surface area contributed by atoms with Crippen molar-refractivity contribution in [3.63, 3.8) is 0 Å². The van der Waals surface area contributed by atoms with E-state index in [1.807, 2.05) is 6.92 Å². The molecule has 0 aromatic heterocycles. The van der Waals surface area contributed by atoms with Gasteiger partial charge in [0.15, 0.2) is 5.25 Å².